The molecule has 0 atom stereocenters. The van der Waals surface area contributed by atoms with Crippen molar-refractivity contribution in [1.29, 1.82) is 0 Å². The number of carbonyl (C=O) groups excluding carboxylic acids is 2. The van der Waals surface area contributed by atoms with Crippen LogP contribution in [0.2, 0.25) is 0 Å². The van der Waals surface area contributed by atoms with Gasteiger partial charge in [-0.25, -0.2) is 5.01 Å². The van der Waals surface area contributed by atoms with E-state index in [1.165, 1.54) is 5.01 Å². The molecule has 1 fully saturated rings. The fraction of sp³-hybridized carbons (Fsp3) is 0. The summed E-state index contributed by atoms with van der Waals surface area (Å²) in [6, 6.07) is 22.5. The molecular formula is C20H15N3O2. The molecule has 2 heterocycles. The number of anilines is 1. The van der Waals surface area contributed by atoms with E-state index < -0.39 is 5.91 Å². The van der Waals surface area contributed by atoms with E-state index in [0.29, 0.717) is 5.69 Å². The third-order valence-corrected chi connectivity index (χ3v) is 4.01. The molecule has 0 saturated carbocycles. The third-order valence-electron chi connectivity index (χ3n) is 4.01. The molecule has 1 saturated heterocycles. The van der Waals surface area contributed by atoms with Crippen molar-refractivity contribution in [3.05, 3.63) is 90.3 Å². The number of hydrogen-bond donors (Lipinski definition) is 1. The minimum atomic E-state index is -0.408. The van der Waals surface area contributed by atoms with Crippen LogP contribution in [-0.4, -0.2) is 16.4 Å². The molecule has 1 aliphatic heterocycles. The van der Waals surface area contributed by atoms with Crippen LogP contribution in [0.5, 0.6) is 0 Å². The number of benzene rings is 2. The molecule has 2 amide bonds. The van der Waals surface area contributed by atoms with Crippen LogP contribution >= 0.6 is 0 Å². The highest BCUT2D eigenvalue weighted by molar-refractivity contribution is 6.31. The van der Waals surface area contributed by atoms with Gasteiger partial charge in [0.1, 0.15) is 5.57 Å². The van der Waals surface area contributed by atoms with Gasteiger partial charge in [0.15, 0.2) is 0 Å². The van der Waals surface area contributed by atoms with Gasteiger partial charge in [-0.2, -0.15) is 0 Å². The largest absolute Gasteiger partial charge is 0.317 e. The molecule has 5 nitrogen and oxygen atoms in total. The Kier molecular flexibility index (Phi) is 3.67. The van der Waals surface area contributed by atoms with E-state index in [2.05, 4.69) is 5.43 Å². The molecule has 25 heavy (non-hydrogen) atoms. The quantitative estimate of drug-likeness (QED) is 0.593. The molecular weight excluding hydrogens is 314 g/mol. The summed E-state index contributed by atoms with van der Waals surface area (Å²) in [5.41, 5.74) is 5.07. The molecule has 1 aliphatic rings. The van der Waals surface area contributed by atoms with Crippen LogP contribution in [0.25, 0.3) is 11.8 Å². The van der Waals surface area contributed by atoms with Gasteiger partial charge in [0.05, 0.1) is 5.69 Å². The lowest BCUT2D eigenvalue weighted by molar-refractivity contribution is -0.117. The average Bonchev–Trinajstić information content (AvgIpc) is 3.23. The first-order valence-corrected chi connectivity index (χ1v) is 7.89. The minimum absolute atomic E-state index is 0.111. The van der Waals surface area contributed by atoms with E-state index in [4.69, 9.17) is 0 Å². The number of amides is 2. The van der Waals surface area contributed by atoms with Crippen molar-refractivity contribution in [2.45, 2.75) is 0 Å². The summed E-state index contributed by atoms with van der Waals surface area (Å²) in [6.45, 7) is 0. The number of aromatic nitrogens is 1. The second-order valence-electron chi connectivity index (χ2n) is 5.61. The lowest BCUT2D eigenvalue weighted by Gasteiger charge is -2.13. The summed E-state index contributed by atoms with van der Waals surface area (Å²) in [7, 11) is 0. The molecule has 1 N–H and O–H groups in total. The van der Waals surface area contributed by atoms with Gasteiger partial charge in [0.2, 0.25) is 0 Å². The van der Waals surface area contributed by atoms with Gasteiger partial charge < -0.3 is 4.57 Å². The Labute approximate surface area is 144 Å². The van der Waals surface area contributed by atoms with Crippen molar-refractivity contribution in [3.8, 4) is 5.69 Å². The number of hydrogen-bond acceptors (Lipinski definition) is 2. The van der Waals surface area contributed by atoms with Gasteiger partial charge in [-0.15, -0.1) is 0 Å². The second kappa shape index (κ2) is 6.13. The van der Waals surface area contributed by atoms with E-state index in [1.807, 2.05) is 71.4 Å². The molecule has 122 valence electrons. The number of nitrogens with one attached hydrogen (secondary N) is 1. The molecule has 0 radical (unpaired) electrons. The van der Waals surface area contributed by atoms with Gasteiger partial charge in [-0.3, -0.25) is 15.0 Å². The van der Waals surface area contributed by atoms with Crippen LogP contribution in [-0.2, 0) is 9.59 Å². The number of nitrogens with zero attached hydrogens (tertiary/aromatic N) is 2. The summed E-state index contributed by atoms with van der Waals surface area (Å²) in [5, 5.41) is 1.27. The molecule has 0 unspecified atom stereocenters. The predicted molar refractivity (Wildman–Crippen MR) is 95.8 cm³/mol. The number of rotatable bonds is 3. The monoisotopic (exact) mass is 329 g/mol. The molecule has 0 bridgehead atoms. The highest BCUT2D eigenvalue weighted by Crippen LogP contribution is 2.22. The average molecular weight is 329 g/mol. The summed E-state index contributed by atoms with van der Waals surface area (Å²) < 4.78 is 1.93. The predicted octanol–water partition coefficient (Wildman–Crippen LogP) is 2.94. The lowest BCUT2D eigenvalue weighted by atomic mass is 10.2. The Bertz CT molecular complexity index is 959. The van der Waals surface area contributed by atoms with Gasteiger partial charge in [-0.05, 0) is 42.5 Å². The van der Waals surface area contributed by atoms with Gasteiger partial charge in [0.25, 0.3) is 11.8 Å². The molecule has 4 rings (SSSR count). The van der Waals surface area contributed by atoms with Gasteiger partial charge >= 0.3 is 0 Å². The van der Waals surface area contributed by atoms with E-state index in [-0.39, 0.29) is 11.5 Å². The van der Waals surface area contributed by atoms with Crippen LogP contribution in [0.4, 0.5) is 5.69 Å². The zero-order chi connectivity index (χ0) is 17.2. The first kappa shape index (κ1) is 15.0. The van der Waals surface area contributed by atoms with Crippen molar-refractivity contribution in [2.75, 3.05) is 5.01 Å². The first-order valence-electron chi connectivity index (χ1n) is 7.89. The Morgan fingerprint density at radius 2 is 1.40 bits per heavy atom. The Morgan fingerprint density at radius 1 is 0.760 bits per heavy atom. The number of para-hydroxylation sites is 2. The maximum absolute atomic E-state index is 12.7. The van der Waals surface area contributed by atoms with Gasteiger partial charge in [0, 0.05) is 17.6 Å². The Morgan fingerprint density at radius 3 is 2.08 bits per heavy atom. The summed E-state index contributed by atoms with van der Waals surface area (Å²) in [4.78, 5) is 24.9. The third kappa shape index (κ3) is 2.72. The highest BCUT2D eigenvalue weighted by atomic mass is 16.2. The lowest BCUT2D eigenvalue weighted by Crippen LogP contribution is -2.35. The topological polar surface area (TPSA) is 54.3 Å². The van der Waals surface area contributed by atoms with Gasteiger partial charge in [-0.1, -0.05) is 36.4 Å². The summed E-state index contributed by atoms with van der Waals surface area (Å²) in [6.07, 6.45) is 3.52. The summed E-state index contributed by atoms with van der Waals surface area (Å²) in [5.74, 6) is -0.772. The van der Waals surface area contributed by atoms with Crippen molar-refractivity contribution in [1.82, 2.24) is 9.99 Å². The van der Waals surface area contributed by atoms with E-state index in [1.54, 1.807) is 18.2 Å². The van der Waals surface area contributed by atoms with E-state index in [9.17, 15) is 9.59 Å². The smallest absolute Gasteiger partial charge is 0.282 e. The molecule has 0 spiro atoms. The SMILES string of the molecule is O=C1NN(c2ccccc2)C(=O)C1=Cc1cccn1-c1ccccc1. The summed E-state index contributed by atoms with van der Waals surface area (Å²) >= 11 is 0. The molecule has 1 aromatic heterocycles. The Balaban J connectivity index is 1.70. The second-order valence-corrected chi connectivity index (χ2v) is 5.61. The van der Waals surface area contributed by atoms with E-state index >= 15 is 0 Å². The van der Waals surface area contributed by atoms with Crippen molar-refractivity contribution in [3.63, 3.8) is 0 Å². The molecule has 5 heteroatoms. The number of hydrazine groups is 1. The zero-order valence-corrected chi connectivity index (χ0v) is 13.3. The molecule has 0 aliphatic carbocycles. The van der Waals surface area contributed by atoms with Crippen molar-refractivity contribution < 1.29 is 9.59 Å². The first-order chi connectivity index (χ1) is 12.2. The fourth-order valence-corrected chi connectivity index (χ4v) is 2.80. The van der Waals surface area contributed by atoms with Crippen molar-refractivity contribution in [2.24, 2.45) is 0 Å². The standard InChI is InChI=1S/C20H15N3O2/c24-19-18(20(25)23(21-19)16-10-5-2-6-11-16)14-17-12-7-13-22(17)15-8-3-1-4-9-15/h1-14H,(H,21,24). The zero-order valence-electron chi connectivity index (χ0n) is 13.3. The van der Waals surface area contributed by atoms with Crippen LogP contribution < -0.4 is 10.4 Å². The normalized spacial score (nSPS) is 15.7. The fourth-order valence-electron chi connectivity index (χ4n) is 2.80. The van der Waals surface area contributed by atoms with E-state index in [0.717, 1.165) is 11.4 Å². The van der Waals surface area contributed by atoms with Crippen LogP contribution in [0, 0.1) is 0 Å². The maximum Gasteiger partial charge on any atom is 0.282 e. The van der Waals surface area contributed by atoms with Crippen LogP contribution in [0.1, 0.15) is 5.69 Å². The molecule has 2 aromatic carbocycles. The highest BCUT2D eigenvalue weighted by Gasteiger charge is 2.34. The van der Waals surface area contributed by atoms with Crippen molar-refractivity contribution >= 4 is 23.6 Å². The molecule has 3 aromatic rings. The van der Waals surface area contributed by atoms with Crippen LogP contribution in [0.3, 0.4) is 0 Å². The van der Waals surface area contributed by atoms with Crippen LogP contribution in [0.15, 0.2) is 84.6 Å². The number of carbonyl (C=O) groups is 2. The maximum atomic E-state index is 12.7. The Hall–Kier alpha value is -3.60. The minimum Gasteiger partial charge on any atom is -0.317 e.